The Morgan fingerprint density at radius 2 is 1.59 bits per heavy atom. The van der Waals surface area contributed by atoms with E-state index in [0.717, 1.165) is 0 Å². The second-order valence-corrected chi connectivity index (χ2v) is 10.8. The number of sulfone groups is 1. The Bertz CT molecular complexity index is 1040. The highest BCUT2D eigenvalue weighted by atomic mass is 32.2. The van der Waals surface area contributed by atoms with Crippen molar-refractivity contribution in [2.75, 3.05) is 24.7 Å². The number of ether oxygens (including phenoxy) is 1. The van der Waals surface area contributed by atoms with Crippen LogP contribution in [-0.4, -0.2) is 72.5 Å². The third-order valence-corrected chi connectivity index (χ3v) is 7.34. The van der Waals surface area contributed by atoms with Crippen LogP contribution in [0.1, 0.15) is 31.4 Å². The van der Waals surface area contributed by atoms with E-state index in [-0.39, 0.29) is 29.6 Å². The number of hydrogen-bond donors (Lipinski definition) is 4. The van der Waals surface area contributed by atoms with Crippen LogP contribution in [0.2, 0.25) is 0 Å². The van der Waals surface area contributed by atoms with E-state index in [1.54, 1.807) is 0 Å². The quantitative estimate of drug-likeness (QED) is 0.403. The summed E-state index contributed by atoms with van der Waals surface area (Å²) in [5.74, 6) is -2.57. The topological polar surface area (TPSA) is 150 Å². The molecule has 2 aromatic carbocycles. The van der Waals surface area contributed by atoms with E-state index in [4.69, 9.17) is 24.5 Å². The fourth-order valence-electron chi connectivity index (χ4n) is 3.50. The van der Waals surface area contributed by atoms with Gasteiger partial charge in [0.2, 0.25) is 0 Å². The van der Waals surface area contributed by atoms with Crippen LogP contribution in [0.3, 0.4) is 0 Å². The van der Waals surface area contributed by atoms with Gasteiger partial charge in [0.05, 0.1) is 11.5 Å². The molecule has 3 rings (SSSR count). The summed E-state index contributed by atoms with van der Waals surface area (Å²) in [6.45, 7) is 4.86. The molecule has 186 valence electrons. The zero-order chi connectivity index (χ0) is 25.4. The highest BCUT2D eigenvalue weighted by molar-refractivity contribution is 7.91. The minimum atomic E-state index is -2.91. The maximum Gasteiger partial charge on any atom is 0.414 e. The summed E-state index contributed by atoms with van der Waals surface area (Å²) in [5.41, 5.74) is 2.33. The van der Waals surface area contributed by atoms with Gasteiger partial charge in [-0.2, -0.15) is 0 Å². The normalized spacial score (nSPS) is 17.8. The van der Waals surface area contributed by atoms with Gasteiger partial charge in [0.1, 0.15) is 18.5 Å². The van der Waals surface area contributed by atoms with E-state index in [1.165, 1.54) is 11.1 Å². The Kier molecular flexibility index (Phi) is 9.60. The number of aliphatic carboxylic acids is 2. The summed E-state index contributed by atoms with van der Waals surface area (Å²) in [7, 11) is -2.91. The molecular weight excluding hydrogens is 462 g/mol. The summed E-state index contributed by atoms with van der Waals surface area (Å²) in [4.78, 5) is 18.2. The highest BCUT2D eigenvalue weighted by Gasteiger charge is 2.27. The van der Waals surface area contributed by atoms with Crippen molar-refractivity contribution in [3.05, 3.63) is 65.7 Å². The molecule has 0 saturated carbocycles. The van der Waals surface area contributed by atoms with Gasteiger partial charge in [-0.25, -0.2) is 18.0 Å². The lowest BCUT2D eigenvalue weighted by Gasteiger charge is -2.26. The maximum absolute atomic E-state index is 11.5. The average Bonchev–Trinajstić information content (AvgIpc) is 3.16. The summed E-state index contributed by atoms with van der Waals surface area (Å²) in [6.07, 6.45) is -0.0853. The van der Waals surface area contributed by atoms with Crippen LogP contribution in [0, 0.1) is 0 Å². The third-order valence-electron chi connectivity index (χ3n) is 5.57. The number of carboxylic acid groups (broad SMARTS) is 2. The minimum absolute atomic E-state index is 0.0702. The summed E-state index contributed by atoms with van der Waals surface area (Å²) in [5, 5.41) is 28.0. The largest absolute Gasteiger partial charge is 0.491 e. The lowest BCUT2D eigenvalue weighted by molar-refractivity contribution is -0.159. The Morgan fingerprint density at radius 3 is 2.09 bits per heavy atom. The number of aliphatic hydroxyl groups is 1. The molecule has 34 heavy (non-hydrogen) atoms. The predicted molar refractivity (Wildman–Crippen MR) is 127 cm³/mol. The molecule has 9 nitrogen and oxygen atoms in total. The first-order valence-corrected chi connectivity index (χ1v) is 12.6. The number of nitrogens with one attached hydrogen (secondary N) is 1. The van der Waals surface area contributed by atoms with Crippen molar-refractivity contribution in [3.8, 4) is 5.75 Å². The molecule has 0 radical (unpaired) electrons. The van der Waals surface area contributed by atoms with E-state index in [0.29, 0.717) is 18.7 Å². The summed E-state index contributed by atoms with van der Waals surface area (Å²) >= 11 is 0. The number of benzene rings is 2. The number of carboxylic acids is 2. The second kappa shape index (κ2) is 12.0. The smallest absolute Gasteiger partial charge is 0.414 e. The first kappa shape index (κ1) is 27.3. The van der Waals surface area contributed by atoms with Crippen molar-refractivity contribution in [1.82, 2.24) is 5.32 Å². The molecule has 10 heteroatoms. The average molecular weight is 494 g/mol. The molecule has 2 unspecified atom stereocenters. The number of hydrogen-bond acceptors (Lipinski definition) is 7. The van der Waals surface area contributed by atoms with E-state index in [9.17, 15) is 13.5 Å². The van der Waals surface area contributed by atoms with Gasteiger partial charge in [-0.15, -0.1) is 0 Å². The molecule has 1 fully saturated rings. The van der Waals surface area contributed by atoms with Gasteiger partial charge >= 0.3 is 11.9 Å². The molecule has 0 aliphatic carbocycles. The van der Waals surface area contributed by atoms with Crippen molar-refractivity contribution in [2.24, 2.45) is 0 Å². The van der Waals surface area contributed by atoms with Crippen molar-refractivity contribution in [3.63, 3.8) is 0 Å². The Balaban J connectivity index is 0.000000604. The van der Waals surface area contributed by atoms with Gasteiger partial charge in [0.15, 0.2) is 9.84 Å². The lowest BCUT2D eigenvalue weighted by Crippen LogP contribution is -2.38. The maximum atomic E-state index is 11.5. The molecule has 1 aliphatic rings. The molecule has 1 saturated heterocycles. The fraction of sp³-hybridized carbons (Fsp3) is 0.417. The molecule has 0 aromatic heterocycles. The first-order chi connectivity index (χ1) is 15.9. The third kappa shape index (κ3) is 8.44. The number of aliphatic hydroxyl groups excluding tert-OH is 1. The van der Waals surface area contributed by atoms with Gasteiger partial charge in [0, 0.05) is 18.0 Å². The van der Waals surface area contributed by atoms with Gasteiger partial charge < -0.3 is 25.4 Å². The van der Waals surface area contributed by atoms with E-state index in [1.807, 2.05) is 30.3 Å². The number of carbonyl (C=O) groups is 2. The molecule has 1 heterocycles. The van der Waals surface area contributed by atoms with Gasteiger partial charge in [-0.05, 0) is 29.7 Å². The summed E-state index contributed by atoms with van der Waals surface area (Å²) < 4.78 is 28.6. The first-order valence-electron chi connectivity index (χ1n) is 10.8. The van der Waals surface area contributed by atoms with Crippen molar-refractivity contribution >= 4 is 21.8 Å². The molecule has 0 spiro atoms. The molecule has 0 bridgehead atoms. The van der Waals surface area contributed by atoms with Gasteiger partial charge in [-0.3, -0.25) is 0 Å². The highest BCUT2D eigenvalue weighted by Crippen LogP contribution is 2.32. The van der Waals surface area contributed by atoms with Crippen molar-refractivity contribution in [1.29, 1.82) is 0 Å². The standard InChI is InChI=1S/C22H29NO4S.C2H2O4/c1-22(2,17-6-4-3-5-7-17)18-8-10-21(11-9-18)27-15-20(24)14-23-19-12-13-28(25,26)16-19;3-1(4)2(5)6/h3-11,19-20,23-24H,12-16H2,1-2H3;(H,3,4)(H,5,6). The van der Waals surface area contributed by atoms with Crippen LogP contribution >= 0.6 is 0 Å². The Hall–Kier alpha value is -2.95. The zero-order valence-corrected chi connectivity index (χ0v) is 20.0. The van der Waals surface area contributed by atoms with Gasteiger partial charge in [-0.1, -0.05) is 56.3 Å². The van der Waals surface area contributed by atoms with E-state index < -0.39 is 27.9 Å². The Labute approximate surface area is 199 Å². The SMILES string of the molecule is CC(C)(c1ccccc1)c1ccc(OCC(O)CNC2CCS(=O)(=O)C2)cc1.O=C(O)C(=O)O. The van der Waals surface area contributed by atoms with Crippen molar-refractivity contribution < 1.29 is 38.1 Å². The molecule has 4 N–H and O–H groups in total. The zero-order valence-electron chi connectivity index (χ0n) is 19.2. The van der Waals surface area contributed by atoms with Crippen LogP contribution in [0.15, 0.2) is 54.6 Å². The lowest BCUT2D eigenvalue weighted by atomic mass is 9.78. The molecule has 2 aromatic rings. The predicted octanol–water partition coefficient (Wildman–Crippen LogP) is 1.68. The van der Waals surface area contributed by atoms with Gasteiger partial charge in [0.25, 0.3) is 0 Å². The number of rotatable bonds is 8. The van der Waals surface area contributed by atoms with E-state index in [2.05, 4.69) is 43.4 Å². The molecule has 0 amide bonds. The van der Waals surface area contributed by atoms with Crippen LogP contribution in [0.25, 0.3) is 0 Å². The van der Waals surface area contributed by atoms with Crippen molar-refractivity contribution in [2.45, 2.75) is 37.8 Å². The van der Waals surface area contributed by atoms with Crippen LogP contribution in [-0.2, 0) is 24.8 Å². The van der Waals surface area contributed by atoms with E-state index >= 15 is 0 Å². The van der Waals surface area contributed by atoms with Crippen LogP contribution in [0.4, 0.5) is 0 Å². The monoisotopic (exact) mass is 493 g/mol. The molecular formula is C24H31NO8S. The minimum Gasteiger partial charge on any atom is -0.491 e. The second-order valence-electron chi connectivity index (χ2n) is 8.60. The van der Waals surface area contributed by atoms with Crippen LogP contribution < -0.4 is 10.1 Å². The summed E-state index contributed by atoms with van der Waals surface area (Å²) in [6, 6.07) is 18.2. The molecule has 1 aliphatic heterocycles. The van der Waals surface area contributed by atoms with Crippen LogP contribution in [0.5, 0.6) is 5.75 Å². The Morgan fingerprint density at radius 1 is 1.03 bits per heavy atom. The molecule has 2 atom stereocenters. The fourth-order valence-corrected chi connectivity index (χ4v) is 5.21.